The van der Waals surface area contributed by atoms with Gasteiger partial charge in [-0.05, 0) is 36.8 Å². The minimum Gasteiger partial charge on any atom is -0.497 e. The molecule has 1 fully saturated rings. The lowest BCUT2D eigenvalue weighted by Gasteiger charge is -2.22. The summed E-state index contributed by atoms with van der Waals surface area (Å²) in [5.41, 5.74) is 1.23. The van der Waals surface area contributed by atoms with E-state index in [1.807, 2.05) is 36.6 Å². The Kier molecular flexibility index (Phi) is 6.14. The average Bonchev–Trinajstić information content (AvgIpc) is 2.91. The summed E-state index contributed by atoms with van der Waals surface area (Å²) >= 11 is 0. The van der Waals surface area contributed by atoms with E-state index in [1.54, 1.807) is 7.11 Å². The largest absolute Gasteiger partial charge is 0.497 e. The van der Waals surface area contributed by atoms with Gasteiger partial charge in [-0.25, -0.2) is 0 Å². The second kappa shape index (κ2) is 8.55. The molecule has 1 heterocycles. The van der Waals surface area contributed by atoms with Crippen molar-refractivity contribution in [1.29, 1.82) is 0 Å². The molecule has 0 unspecified atom stereocenters. The van der Waals surface area contributed by atoms with Gasteiger partial charge in [0.25, 0.3) is 5.91 Å². The highest BCUT2D eigenvalue weighted by atomic mass is 16.5. The Bertz CT molecular complexity index is 833. The maximum atomic E-state index is 11.9. The Morgan fingerprint density at radius 1 is 1.30 bits per heavy atom. The zero-order chi connectivity index (χ0) is 19.4. The molecular weight excluding hydrogens is 342 g/mol. The number of aromatic nitrogens is 1. The first-order chi connectivity index (χ1) is 13.0. The smallest absolute Gasteiger partial charge is 0.265 e. The number of carbonyl (C=O) groups excluding carboxylic acids is 1. The molecule has 1 aliphatic carbocycles. The van der Waals surface area contributed by atoms with Crippen molar-refractivity contribution in [2.24, 2.45) is 22.1 Å². The summed E-state index contributed by atoms with van der Waals surface area (Å²) in [7, 11) is 1.63. The van der Waals surface area contributed by atoms with Crippen LogP contribution < -0.4 is 4.74 Å². The van der Waals surface area contributed by atoms with E-state index < -0.39 is 0 Å². The van der Waals surface area contributed by atoms with Gasteiger partial charge < -0.3 is 14.4 Å². The molecule has 1 aromatic carbocycles. The highest BCUT2D eigenvalue weighted by molar-refractivity contribution is 5.96. The Labute approximate surface area is 160 Å². The van der Waals surface area contributed by atoms with E-state index >= 15 is 0 Å². The fourth-order valence-corrected chi connectivity index (χ4v) is 3.83. The van der Waals surface area contributed by atoms with Crippen LogP contribution >= 0.6 is 0 Å². The van der Waals surface area contributed by atoms with E-state index in [0.29, 0.717) is 18.0 Å². The van der Waals surface area contributed by atoms with Crippen LogP contribution in [0.4, 0.5) is 5.69 Å². The van der Waals surface area contributed by atoms with Crippen molar-refractivity contribution in [2.45, 2.75) is 58.9 Å². The predicted octanol–water partition coefficient (Wildman–Crippen LogP) is 5.59. The number of nitrogens with zero attached hydrogens (tertiary/aromatic N) is 3. The zero-order valence-electron chi connectivity index (χ0n) is 16.4. The van der Waals surface area contributed by atoms with Crippen molar-refractivity contribution in [2.75, 3.05) is 7.11 Å². The summed E-state index contributed by atoms with van der Waals surface area (Å²) in [4.78, 5) is 11.9. The summed E-state index contributed by atoms with van der Waals surface area (Å²) in [6, 6.07) is 5.61. The van der Waals surface area contributed by atoms with Crippen LogP contribution in [-0.4, -0.2) is 22.7 Å². The molecule has 6 nitrogen and oxygen atoms in total. The van der Waals surface area contributed by atoms with Crippen molar-refractivity contribution in [3.8, 4) is 11.6 Å². The second-order valence-electron chi connectivity index (χ2n) is 7.86. The van der Waals surface area contributed by atoms with Crippen LogP contribution in [0, 0.1) is 11.8 Å². The third-order valence-corrected chi connectivity index (χ3v) is 5.23. The molecule has 0 atom stereocenters. The Morgan fingerprint density at radius 3 is 2.70 bits per heavy atom. The number of hydrogen-bond donors (Lipinski definition) is 1. The van der Waals surface area contributed by atoms with Gasteiger partial charge in [-0.1, -0.05) is 33.1 Å². The standard InChI is InChI=1S/C21H29N3O3/c1-14(2)11-19(25)22-23-20-17-10-9-16(27-3)12-18(17)24(21(20)26)13-15-7-5-4-6-8-15/h9-10,12,14-15,26H,4-8,11,13H2,1-3H3. The Morgan fingerprint density at radius 2 is 2.04 bits per heavy atom. The van der Waals surface area contributed by atoms with Gasteiger partial charge in [0.2, 0.25) is 5.88 Å². The molecule has 1 saturated carbocycles. The quantitative estimate of drug-likeness (QED) is 0.672. The molecule has 27 heavy (non-hydrogen) atoms. The highest BCUT2D eigenvalue weighted by Gasteiger charge is 2.22. The van der Waals surface area contributed by atoms with Crippen LogP contribution in [0.2, 0.25) is 0 Å². The molecule has 3 rings (SSSR count). The molecule has 6 heteroatoms. The fourth-order valence-electron chi connectivity index (χ4n) is 3.83. The number of amides is 1. The van der Waals surface area contributed by atoms with Crippen molar-refractivity contribution in [3.05, 3.63) is 18.2 Å². The van der Waals surface area contributed by atoms with Crippen LogP contribution in [0.25, 0.3) is 10.9 Å². The molecule has 0 aliphatic heterocycles. The second-order valence-corrected chi connectivity index (χ2v) is 7.86. The van der Waals surface area contributed by atoms with E-state index in [2.05, 4.69) is 10.2 Å². The van der Waals surface area contributed by atoms with E-state index in [-0.39, 0.29) is 17.7 Å². The summed E-state index contributed by atoms with van der Waals surface area (Å²) in [5.74, 6) is 1.29. The molecule has 1 N–H and O–H groups in total. The van der Waals surface area contributed by atoms with Crippen LogP contribution in [0.3, 0.4) is 0 Å². The van der Waals surface area contributed by atoms with Crippen LogP contribution in [0.1, 0.15) is 52.4 Å². The monoisotopic (exact) mass is 371 g/mol. The lowest BCUT2D eigenvalue weighted by molar-refractivity contribution is -0.118. The minimum atomic E-state index is -0.272. The van der Waals surface area contributed by atoms with Gasteiger partial charge in [-0.2, -0.15) is 0 Å². The lowest BCUT2D eigenvalue weighted by Crippen LogP contribution is -2.13. The zero-order valence-corrected chi connectivity index (χ0v) is 16.4. The van der Waals surface area contributed by atoms with Crippen LogP contribution in [0.15, 0.2) is 28.4 Å². The van der Waals surface area contributed by atoms with Gasteiger partial charge in [0.1, 0.15) is 5.75 Å². The van der Waals surface area contributed by atoms with Gasteiger partial charge >= 0.3 is 0 Å². The molecule has 0 spiro atoms. The molecule has 0 radical (unpaired) electrons. The van der Waals surface area contributed by atoms with E-state index in [1.165, 1.54) is 32.1 Å². The van der Waals surface area contributed by atoms with E-state index in [0.717, 1.165) is 23.2 Å². The summed E-state index contributed by atoms with van der Waals surface area (Å²) in [6.07, 6.45) is 6.47. The Hall–Kier alpha value is -2.37. The van der Waals surface area contributed by atoms with Crippen molar-refractivity contribution >= 4 is 22.5 Å². The van der Waals surface area contributed by atoms with Crippen LogP contribution in [-0.2, 0) is 11.3 Å². The SMILES string of the molecule is COc1ccc2c(N=NC(=O)CC(C)C)c(O)n(CC3CCCCC3)c2c1. The molecule has 146 valence electrons. The fraction of sp³-hybridized carbons (Fsp3) is 0.571. The number of benzene rings is 1. The molecule has 2 aromatic rings. The number of fused-ring (bicyclic) bond motifs is 1. The van der Waals surface area contributed by atoms with Gasteiger partial charge in [-0.3, -0.25) is 4.79 Å². The van der Waals surface area contributed by atoms with Gasteiger partial charge in [0.05, 0.1) is 12.6 Å². The number of aromatic hydroxyl groups is 1. The van der Waals surface area contributed by atoms with E-state index in [9.17, 15) is 9.90 Å². The molecule has 1 aromatic heterocycles. The van der Waals surface area contributed by atoms with Crippen LogP contribution in [0.5, 0.6) is 11.6 Å². The minimum absolute atomic E-state index is 0.0740. The summed E-state index contributed by atoms with van der Waals surface area (Å²) in [6.45, 7) is 4.67. The maximum Gasteiger partial charge on any atom is 0.265 e. The number of rotatable bonds is 6. The molecule has 1 aliphatic rings. The topological polar surface area (TPSA) is 76.2 Å². The van der Waals surface area contributed by atoms with Gasteiger partial charge in [-0.15, -0.1) is 10.2 Å². The number of methoxy groups -OCH3 is 1. The van der Waals surface area contributed by atoms with Crippen molar-refractivity contribution in [1.82, 2.24) is 4.57 Å². The number of hydrogen-bond acceptors (Lipinski definition) is 4. The van der Waals surface area contributed by atoms with Gasteiger partial charge in [0, 0.05) is 24.4 Å². The van der Waals surface area contributed by atoms with Crippen molar-refractivity contribution < 1.29 is 14.6 Å². The normalized spacial score (nSPS) is 15.9. The first kappa shape index (κ1) is 19.4. The first-order valence-electron chi connectivity index (χ1n) is 9.83. The summed E-state index contributed by atoms with van der Waals surface area (Å²) < 4.78 is 7.25. The van der Waals surface area contributed by atoms with Gasteiger partial charge in [0.15, 0.2) is 5.69 Å². The predicted molar refractivity (Wildman–Crippen MR) is 106 cm³/mol. The number of carbonyl (C=O) groups is 1. The highest BCUT2D eigenvalue weighted by Crippen LogP contribution is 2.41. The third-order valence-electron chi connectivity index (χ3n) is 5.23. The lowest BCUT2D eigenvalue weighted by atomic mass is 9.89. The Balaban J connectivity index is 1.98. The number of ether oxygens (including phenoxy) is 1. The first-order valence-corrected chi connectivity index (χ1v) is 9.83. The third kappa shape index (κ3) is 4.49. The van der Waals surface area contributed by atoms with E-state index in [4.69, 9.17) is 4.74 Å². The maximum absolute atomic E-state index is 11.9. The number of azo groups is 1. The molecule has 0 bridgehead atoms. The molecule has 0 saturated heterocycles. The molecule has 1 amide bonds. The van der Waals surface area contributed by atoms with Crippen molar-refractivity contribution in [3.63, 3.8) is 0 Å². The summed E-state index contributed by atoms with van der Waals surface area (Å²) in [5, 5.41) is 19.6. The average molecular weight is 371 g/mol. The molecular formula is C21H29N3O3.